The highest BCUT2D eigenvalue weighted by atomic mass is 15.6. The first-order valence-corrected chi connectivity index (χ1v) is 9.36. The molecule has 0 radical (unpaired) electrons. The Morgan fingerprint density at radius 3 is 2.44 bits per heavy atom. The zero-order valence-electron chi connectivity index (χ0n) is 15.7. The maximum Gasteiger partial charge on any atom is 0.0998 e. The second-order valence-electron chi connectivity index (χ2n) is 7.13. The number of nitriles is 1. The standard InChI is InChI=1S/C24H23N3/c1-18(2)20-10-8-19(9-11-20)17-26-14-5-15-27(26)24-13-12-21(16-25)22-6-3-4-7-23(22)24/h3-4,6-13H,1,5,14-15,17H2,2H3. The van der Waals surface area contributed by atoms with Crippen molar-refractivity contribution in [3.63, 3.8) is 0 Å². The van der Waals surface area contributed by atoms with E-state index in [-0.39, 0.29) is 0 Å². The molecule has 4 rings (SSSR count). The molecule has 3 heteroatoms. The van der Waals surface area contributed by atoms with Crippen molar-refractivity contribution in [1.29, 1.82) is 5.26 Å². The normalized spacial score (nSPS) is 14.4. The summed E-state index contributed by atoms with van der Waals surface area (Å²) in [6.45, 7) is 8.96. The van der Waals surface area contributed by atoms with Crippen LogP contribution in [0.4, 0.5) is 5.69 Å². The van der Waals surface area contributed by atoms with E-state index >= 15 is 0 Å². The lowest BCUT2D eigenvalue weighted by Crippen LogP contribution is -2.36. The van der Waals surface area contributed by atoms with Gasteiger partial charge in [0.2, 0.25) is 0 Å². The SMILES string of the molecule is C=C(C)c1ccc(CN2CCCN2c2ccc(C#N)c3ccccc23)cc1. The number of rotatable bonds is 4. The number of allylic oxidation sites excluding steroid dienone is 1. The Kier molecular flexibility index (Phi) is 4.66. The van der Waals surface area contributed by atoms with E-state index in [1.807, 2.05) is 31.2 Å². The summed E-state index contributed by atoms with van der Waals surface area (Å²) in [7, 11) is 0. The molecule has 1 fully saturated rings. The quantitative estimate of drug-likeness (QED) is 0.631. The molecule has 0 amide bonds. The van der Waals surface area contributed by atoms with Crippen LogP contribution in [-0.4, -0.2) is 18.1 Å². The van der Waals surface area contributed by atoms with Crippen LogP contribution < -0.4 is 5.01 Å². The van der Waals surface area contributed by atoms with Gasteiger partial charge >= 0.3 is 0 Å². The maximum absolute atomic E-state index is 9.42. The third kappa shape index (κ3) is 3.32. The lowest BCUT2D eigenvalue weighted by molar-refractivity contribution is 0.304. The summed E-state index contributed by atoms with van der Waals surface area (Å²) in [6.07, 6.45) is 1.14. The fraction of sp³-hybridized carbons (Fsp3) is 0.208. The molecule has 0 unspecified atom stereocenters. The molecule has 0 aliphatic carbocycles. The highest BCUT2D eigenvalue weighted by molar-refractivity contribution is 5.97. The van der Waals surface area contributed by atoms with Crippen molar-refractivity contribution in [3.05, 3.63) is 83.9 Å². The highest BCUT2D eigenvalue weighted by Gasteiger charge is 2.24. The molecular weight excluding hydrogens is 330 g/mol. The number of benzene rings is 3. The topological polar surface area (TPSA) is 30.3 Å². The van der Waals surface area contributed by atoms with Crippen LogP contribution in [-0.2, 0) is 6.54 Å². The molecule has 1 aliphatic rings. The summed E-state index contributed by atoms with van der Waals surface area (Å²) >= 11 is 0. The lowest BCUT2D eigenvalue weighted by Gasteiger charge is -2.31. The van der Waals surface area contributed by atoms with Gasteiger partial charge in [0.25, 0.3) is 0 Å². The molecule has 134 valence electrons. The van der Waals surface area contributed by atoms with Crippen molar-refractivity contribution < 1.29 is 0 Å². The van der Waals surface area contributed by atoms with E-state index < -0.39 is 0 Å². The maximum atomic E-state index is 9.42. The van der Waals surface area contributed by atoms with E-state index in [0.717, 1.165) is 48.0 Å². The van der Waals surface area contributed by atoms with Gasteiger partial charge in [-0.15, -0.1) is 0 Å². The van der Waals surface area contributed by atoms with Gasteiger partial charge in [0.05, 0.1) is 17.3 Å². The van der Waals surface area contributed by atoms with Gasteiger partial charge in [-0.1, -0.05) is 60.7 Å². The van der Waals surface area contributed by atoms with Crippen molar-refractivity contribution in [2.45, 2.75) is 19.9 Å². The van der Waals surface area contributed by atoms with Gasteiger partial charge in [0.15, 0.2) is 0 Å². The molecule has 3 nitrogen and oxygen atoms in total. The Labute approximate surface area is 160 Å². The Hall–Kier alpha value is -3.09. The molecule has 0 spiro atoms. The molecule has 1 saturated heterocycles. The Morgan fingerprint density at radius 1 is 1.00 bits per heavy atom. The van der Waals surface area contributed by atoms with Crippen LogP contribution in [0, 0.1) is 11.3 Å². The minimum atomic E-state index is 0.732. The average Bonchev–Trinajstić information content (AvgIpc) is 3.15. The van der Waals surface area contributed by atoms with Gasteiger partial charge < -0.3 is 5.01 Å². The fourth-order valence-corrected chi connectivity index (χ4v) is 3.81. The van der Waals surface area contributed by atoms with Crippen LogP contribution in [0.2, 0.25) is 0 Å². The van der Waals surface area contributed by atoms with Gasteiger partial charge in [-0.25, -0.2) is 5.01 Å². The highest BCUT2D eigenvalue weighted by Crippen LogP contribution is 2.32. The number of anilines is 1. The summed E-state index contributed by atoms with van der Waals surface area (Å²) in [5.74, 6) is 0. The summed E-state index contributed by atoms with van der Waals surface area (Å²) in [5.41, 5.74) is 5.49. The molecule has 3 aromatic rings. The minimum Gasteiger partial charge on any atom is -0.305 e. The van der Waals surface area contributed by atoms with E-state index in [1.54, 1.807) is 0 Å². The molecular formula is C24H23N3. The smallest absolute Gasteiger partial charge is 0.0998 e. The first-order valence-electron chi connectivity index (χ1n) is 9.36. The van der Waals surface area contributed by atoms with E-state index in [2.05, 4.69) is 59.1 Å². The van der Waals surface area contributed by atoms with Crippen LogP contribution in [0.25, 0.3) is 16.3 Å². The van der Waals surface area contributed by atoms with Gasteiger partial charge in [-0.2, -0.15) is 5.26 Å². The van der Waals surface area contributed by atoms with E-state index in [0.29, 0.717) is 0 Å². The van der Waals surface area contributed by atoms with Crippen LogP contribution in [0.3, 0.4) is 0 Å². The van der Waals surface area contributed by atoms with E-state index in [1.165, 1.54) is 16.8 Å². The van der Waals surface area contributed by atoms with Crippen molar-refractivity contribution in [2.24, 2.45) is 0 Å². The molecule has 0 bridgehead atoms. The second-order valence-corrected chi connectivity index (χ2v) is 7.13. The monoisotopic (exact) mass is 353 g/mol. The molecule has 27 heavy (non-hydrogen) atoms. The van der Waals surface area contributed by atoms with Crippen LogP contribution in [0.1, 0.15) is 30.0 Å². The molecule has 1 heterocycles. The van der Waals surface area contributed by atoms with Gasteiger partial charge in [-0.3, -0.25) is 0 Å². The molecule has 1 aliphatic heterocycles. The summed E-state index contributed by atoms with van der Waals surface area (Å²) in [4.78, 5) is 0. The van der Waals surface area contributed by atoms with Gasteiger partial charge in [0, 0.05) is 30.4 Å². The Morgan fingerprint density at radius 2 is 1.74 bits per heavy atom. The van der Waals surface area contributed by atoms with Crippen LogP contribution in [0.5, 0.6) is 0 Å². The molecule has 0 atom stereocenters. The summed E-state index contributed by atoms with van der Waals surface area (Å²) < 4.78 is 0. The Bertz CT molecular complexity index is 1030. The first kappa shape index (κ1) is 17.3. The predicted molar refractivity (Wildman–Crippen MR) is 112 cm³/mol. The minimum absolute atomic E-state index is 0.732. The zero-order chi connectivity index (χ0) is 18.8. The first-order chi connectivity index (χ1) is 13.2. The van der Waals surface area contributed by atoms with Gasteiger partial charge in [0.1, 0.15) is 0 Å². The van der Waals surface area contributed by atoms with Crippen molar-refractivity contribution >= 4 is 22.0 Å². The molecule has 3 aromatic carbocycles. The van der Waals surface area contributed by atoms with E-state index in [4.69, 9.17) is 0 Å². The van der Waals surface area contributed by atoms with E-state index in [9.17, 15) is 5.26 Å². The predicted octanol–water partition coefficient (Wildman–Crippen LogP) is 5.37. The fourth-order valence-electron chi connectivity index (χ4n) is 3.81. The van der Waals surface area contributed by atoms with Gasteiger partial charge in [-0.05, 0) is 36.6 Å². The number of nitrogens with zero attached hydrogens (tertiary/aromatic N) is 3. The molecule has 0 N–H and O–H groups in total. The lowest BCUT2D eigenvalue weighted by atomic mass is 10.0. The second kappa shape index (κ2) is 7.26. The number of hydrogen-bond acceptors (Lipinski definition) is 3. The Balaban J connectivity index is 1.65. The van der Waals surface area contributed by atoms with Crippen LogP contribution >= 0.6 is 0 Å². The largest absolute Gasteiger partial charge is 0.305 e. The third-order valence-corrected chi connectivity index (χ3v) is 5.24. The summed E-state index contributed by atoms with van der Waals surface area (Å²) in [6, 6.07) is 23.2. The average molecular weight is 353 g/mol. The zero-order valence-corrected chi connectivity index (χ0v) is 15.7. The van der Waals surface area contributed by atoms with Crippen molar-refractivity contribution in [3.8, 4) is 6.07 Å². The summed E-state index contributed by atoms with van der Waals surface area (Å²) in [5, 5.41) is 16.4. The van der Waals surface area contributed by atoms with Crippen LogP contribution in [0.15, 0.2) is 67.2 Å². The third-order valence-electron chi connectivity index (χ3n) is 5.24. The number of hydrazine groups is 1. The molecule has 0 aromatic heterocycles. The number of fused-ring (bicyclic) bond motifs is 1. The number of hydrogen-bond donors (Lipinski definition) is 0. The van der Waals surface area contributed by atoms with Crippen molar-refractivity contribution in [2.75, 3.05) is 18.1 Å². The molecule has 0 saturated carbocycles. The van der Waals surface area contributed by atoms with Crippen molar-refractivity contribution in [1.82, 2.24) is 5.01 Å².